The van der Waals surface area contributed by atoms with Crippen LogP contribution in [0.15, 0.2) is 29.2 Å². The van der Waals surface area contributed by atoms with Crippen LogP contribution in [0.1, 0.15) is 43.6 Å². The Labute approximate surface area is 124 Å². The second-order valence-corrected chi connectivity index (χ2v) is 6.42. The van der Waals surface area contributed by atoms with Crippen LogP contribution in [0.2, 0.25) is 0 Å². The Balaban J connectivity index is 2.30. The van der Waals surface area contributed by atoms with Crippen molar-refractivity contribution in [2.75, 3.05) is 0 Å². The molecule has 0 saturated heterocycles. The molecule has 0 fully saturated rings. The summed E-state index contributed by atoms with van der Waals surface area (Å²) in [7, 11) is 0. The lowest BCUT2D eigenvalue weighted by molar-refractivity contribution is 0.0766. The molecule has 1 atom stereocenters. The second kappa shape index (κ2) is 4.53. The molecule has 0 radical (unpaired) electrons. The van der Waals surface area contributed by atoms with Crippen molar-refractivity contribution < 1.29 is 5.11 Å². The highest BCUT2D eigenvalue weighted by Gasteiger charge is 2.27. The largest absolute Gasteiger partial charge is 0.386 e. The molecule has 2 aromatic rings. The summed E-state index contributed by atoms with van der Waals surface area (Å²) in [6.45, 7) is 7.35. The molecule has 0 aliphatic carbocycles. The topological polar surface area (TPSA) is 55.1 Å². The highest BCUT2D eigenvalue weighted by Crippen LogP contribution is 2.33. The SMILES string of the molecule is Cc1ccc2c(n1)-c1cc(=O)c(C(C)(C)O)cn1C(C)C2. The fourth-order valence-electron chi connectivity index (χ4n) is 2.95. The predicted octanol–water partition coefficient (Wildman–Crippen LogP) is 2.56. The Bertz CT molecular complexity index is 769. The van der Waals surface area contributed by atoms with Gasteiger partial charge >= 0.3 is 0 Å². The molecule has 110 valence electrons. The molecule has 1 aliphatic heterocycles. The van der Waals surface area contributed by atoms with Crippen molar-refractivity contribution in [2.24, 2.45) is 0 Å². The van der Waals surface area contributed by atoms with Gasteiger partial charge in [0.1, 0.15) is 0 Å². The van der Waals surface area contributed by atoms with Gasteiger partial charge in [0.25, 0.3) is 0 Å². The zero-order valence-corrected chi connectivity index (χ0v) is 12.8. The van der Waals surface area contributed by atoms with Crippen LogP contribution in [0.4, 0.5) is 0 Å². The van der Waals surface area contributed by atoms with Gasteiger partial charge in [0.15, 0.2) is 5.43 Å². The van der Waals surface area contributed by atoms with Crippen molar-refractivity contribution in [1.29, 1.82) is 0 Å². The Morgan fingerprint density at radius 2 is 2.10 bits per heavy atom. The van der Waals surface area contributed by atoms with E-state index in [0.717, 1.165) is 23.5 Å². The molecule has 0 saturated carbocycles. The van der Waals surface area contributed by atoms with E-state index in [-0.39, 0.29) is 11.5 Å². The summed E-state index contributed by atoms with van der Waals surface area (Å²) >= 11 is 0. The first kappa shape index (κ1) is 14.0. The second-order valence-electron chi connectivity index (χ2n) is 6.42. The van der Waals surface area contributed by atoms with Crippen LogP contribution < -0.4 is 5.43 Å². The minimum atomic E-state index is -1.14. The fourth-order valence-corrected chi connectivity index (χ4v) is 2.95. The number of hydrogen-bond acceptors (Lipinski definition) is 3. The molecular formula is C17H20N2O2. The number of aryl methyl sites for hydroxylation is 1. The van der Waals surface area contributed by atoms with Crippen LogP contribution in [0.3, 0.4) is 0 Å². The number of hydrogen-bond donors (Lipinski definition) is 1. The van der Waals surface area contributed by atoms with Crippen molar-refractivity contribution in [3.8, 4) is 11.4 Å². The van der Waals surface area contributed by atoms with Gasteiger partial charge in [-0.3, -0.25) is 9.78 Å². The van der Waals surface area contributed by atoms with Crippen molar-refractivity contribution in [1.82, 2.24) is 9.55 Å². The van der Waals surface area contributed by atoms with Gasteiger partial charge in [-0.1, -0.05) is 6.07 Å². The maximum Gasteiger partial charge on any atom is 0.188 e. The number of aromatic nitrogens is 2. The van der Waals surface area contributed by atoms with E-state index in [1.807, 2.05) is 13.0 Å². The maximum atomic E-state index is 12.3. The first-order chi connectivity index (χ1) is 9.77. The number of rotatable bonds is 1. The Kier molecular flexibility index (Phi) is 3.02. The Hall–Kier alpha value is -1.94. The van der Waals surface area contributed by atoms with Crippen LogP contribution in [-0.2, 0) is 12.0 Å². The van der Waals surface area contributed by atoms with Crippen molar-refractivity contribution in [2.45, 2.75) is 45.8 Å². The average molecular weight is 284 g/mol. The molecular weight excluding hydrogens is 264 g/mol. The molecule has 0 bridgehead atoms. The van der Waals surface area contributed by atoms with E-state index in [9.17, 15) is 9.90 Å². The Morgan fingerprint density at radius 1 is 1.38 bits per heavy atom. The molecule has 1 aliphatic rings. The van der Waals surface area contributed by atoms with Gasteiger partial charge in [-0.15, -0.1) is 0 Å². The summed E-state index contributed by atoms with van der Waals surface area (Å²) in [6.07, 6.45) is 2.67. The predicted molar refractivity (Wildman–Crippen MR) is 82.3 cm³/mol. The minimum absolute atomic E-state index is 0.142. The first-order valence-electron chi connectivity index (χ1n) is 7.23. The smallest absolute Gasteiger partial charge is 0.188 e. The summed E-state index contributed by atoms with van der Waals surface area (Å²) in [6, 6.07) is 5.93. The third kappa shape index (κ3) is 2.29. The molecule has 0 aromatic carbocycles. The van der Waals surface area contributed by atoms with Gasteiger partial charge in [0, 0.05) is 29.6 Å². The van der Waals surface area contributed by atoms with Gasteiger partial charge in [0.2, 0.25) is 0 Å². The molecule has 0 spiro atoms. The van der Waals surface area contributed by atoms with E-state index in [0.29, 0.717) is 5.56 Å². The quantitative estimate of drug-likeness (QED) is 0.875. The number of nitrogens with zero attached hydrogens (tertiary/aromatic N) is 2. The van der Waals surface area contributed by atoms with Gasteiger partial charge in [-0.05, 0) is 45.7 Å². The molecule has 3 rings (SSSR count). The van der Waals surface area contributed by atoms with Crippen LogP contribution in [0, 0.1) is 6.92 Å². The average Bonchev–Trinajstić information content (AvgIpc) is 2.38. The zero-order chi connectivity index (χ0) is 15.4. The van der Waals surface area contributed by atoms with Crippen LogP contribution >= 0.6 is 0 Å². The van der Waals surface area contributed by atoms with E-state index in [1.54, 1.807) is 26.1 Å². The maximum absolute atomic E-state index is 12.3. The summed E-state index contributed by atoms with van der Waals surface area (Å²) < 4.78 is 2.06. The lowest BCUT2D eigenvalue weighted by atomic mass is 9.94. The third-order valence-electron chi connectivity index (χ3n) is 4.09. The van der Waals surface area contributed by atoms with Gasteiger partial charge in [0.05, 0.1) is 17.0 Å². The van der Waals surface area contributed by atoms with Crippen molar-refractivity contribution >= 4 is 0 Å². The van der Waals surface area contributed by atoms with Crippen LogP contribution in [0.25, 0.3) is 11.4 Å². The molecule has 3 heterocycles. The van der Waals surface area contributed by atoms with E-state index in [1.165, 1.54) is 5.56 Å². The molecule has 0 amide bonds. The van der Waals surface area contributed by atoms with Gasteiger partial charge < -0.3 is 9.67 Å². The van der Waals surface area contributed by atoms with Crippen molar-refractivity contribution in [3.63, 3.8) is 0 Å². The summed E-state index contributed by atoms with van der Waals surface area (Å²) in [5, 5.41) is 10.2. The molecule has 2 aromatic heterocycles. The minimum Gasteiger partial charge on any atom is -0.386 e. The monoisotopic (exact) mass is 284 g/mol. The van der Waals surface area contributed by atoms with E-state index >= 15 is 0 Å². The fraction of sp³-hybridized carbons (Fsp3) is 0.412. The normalized spacial score (nSPS) is 17.3. The number of aliphatic hydroxyl groups is 1. The van der Waals surface area contributed by atoms with Crippen molar-refractivity contribution in [3.05, 3.63) is 51.4 Å². The molecule has 21 heavy (non-hydrogen) atoms. The molecule has 1 N–H and O–H groups in total. The van der Waals surface area contributed by atoms with E-state index in [4.69, 9.17) is 0 Å². The highest BCUT2D eigenvalue weighted by molar-refractivity contribution is 5.62. The summed E-state index contributed by atoms with van der Waals surface area (Å²) in [5.41, 5.74) is 2.97. The molecule has 1 unspecified atom stereocenters. The van der Waals surface area contributed by atoms with Gasteiger partial charge in [-0.25, -0.2) is 0 Å². The number of fused-ring (bicyclic) bond motifs is 3. The zero-order valence-electron chi connectivity index (χ0n) is 12.8. The highest BCUT2D eigenvalue weighted by atomic mass is 16.3. The lowest BCUT2D eigenvalue weighted by Gasteiger charge is -2.29. The number of pyridine rings is 2. The first-order valence-corrected chi connectivity index (χ1v) is 7.23. The molecule has 4 nitrogen and oxygen atoms in total. The Morgan fingerprint density at radius 3 is 2.76 bits per heavy atom. The van der Waals surface area contributed by atoms with Crippen LogP contribution in [-0.4, -0.2) is 14.7 Å². The van der Waals surface area contributed by atoms with E-state index in [2.05, 4.69) is 22.5 Å². The van der Waals surface area contributed by atoms with E-state index < -0.39 is 5.60 Å². The summed E-state index contributed by atoms with van der Waals surface area (Å²) in [5.74, 6) is 0. The molecule has 4 heteroatoms. The standard InChI is InChI=1S/C17H20N2O2/c1-10-5-6-12-7-11(2)19-9-13(17(3,4)21)15(20)8-14(19)16(12)18-10/h5-6,8-9,11,21H,7H2,1-4H3. The lowest BCUT2D eigenvalue weighted by Crippen LogP contribution is -2.29. The van der Waals surface area contributed by atoms with Crippen LogP contribution in [0.5, 0.6) is 0 Å². The van der Waals surface area contributed by atoms with Gasteiger partial charge in [-0.2, -0.15) is 0 Å². The summed E-state index contributed by atoms with van der Waals surface area (Å²) in [4.78, 5) is 16.9. The third-order valence-corrected chi connectivity index (χ3v) is 4.09.